The molecule has 0 radical (unpaired) electrons. The van der Waals surface area contributed by atoms with Crippen LogP contribution in [0.5, 0.6) is 0 Å². The zero-order chi connectivity index (χ0) is 13.1. The second kappa shape index (κ2) is 5.80. The van der Waals surface area contributed by atoms with Gasteiger partial charge in [-0.2, -0.15) is 0 Å². The summed E-state index contributed by atoms with van der Waals surface area (Å²) < 4.78 is 36.8. The average Bonchev–Trinajstić information content (AvgIpc) is 2.29. The molecule has 3 nitrogen and oxygen atoms in total. The van der Waals surface area contributed by atoms with Gasteiger partial charge in [0, 0.05) is 6.54 Å². The van der Waals surface area contributed by atoms with Crippen LogP contribution in [0, 0.1) is 0 Å². The summed E-state index contributed by atoms with van der Waals surface area (Å²) in [6.07, 6.45) is -1.20. The topological polar surface area (TPSA) is 46.2 Å². The molecule has 0 saturated carbocycles. The van der Waals surface area contributed by atoms with Crippen LogP contribution in [0.2, 0.25) is 5.02 Å². The molecule has 0 amide bonds. The first-order valence-electron chi connectivity index (χ1n) is 5.23. The Kier molecular flexibility index (Phi) is 4.91. The van der Waals surface area contributed by atoms with Gasteiger partial charge in [0.15, 0.2) is 9.84 Å². The number of sulfone groups is 1. The molecule has 0 aliphatic carbocycles. The van der Waals surface area contributed by atoms with Crippen molar-refractivity contribution in [1.29, 1.82) is 0 Å². The van der Waals surface area contributed by atoms with Crippen LogP contribution >= 0.6 is 11.6 Å². The number of hydrogen-bond donors (Lipinski definition) is 1. The van der Waals surface area contributed by atoms with Gasteiger partial charge in [-0.05, 0) is 24.7 Å². The van der Waals surface area contributed by atoms with E-state index in [2.05, 4.69) is 5.32 Å². The average molecular weight is 280 g/mol. The number of nitrogens with one attached hydrogen (secondary N) is 1. The molecule has 1 N–H and O–H groups in total. The summed E-state index contributed by atoms with van der Waals surface area (Å²) in [5, 5.41) is 2.78. The summed E-state index contributed by atoms with van der Waals surface area (Å²) in [6.45, 7) is 1.70. The van der Waals surface area contributed by atoms with E-state index in [0.717, 1.165) is 0 Å². The fourth-order valence-corrected chi connectivity index (χ4v) is 2.90. The van der Waals surface area contributed by atoms with Crippen molar-refractivity contribution in [2.24, 2.45) is 0 Å². The number of rotatable bonds is 5. The van der Waals surface area contributed by atoms with E-state index in [1.165, 1.54) is 18.2 Å². The second-order valence-corrected chi connectivity index (χ2v) is 6.27. The van der Waals surface area contributed by atoms with Gasteiger partial charge in [-0.15, -0.1) is 0 Å². The van der Waals surface area contributed by atoms with Gasteiger partial charge in [-0.25, -0.2) is 12.8 Å². The highest BCUT2D eigenvalue weighted by Crippen LogP contribution is 2.27. The quantitative estimate of drug-likeness (QED) is 0.900. The Labute approximate surface area is 106 Å². The lowest BCUT2D eigenvalue weighted by molar-refractivity contribution is 0.335. The van der Waals surface area contributed by atoms with Gasteiger partial charge in [0.1, 0.15) is 6.17 Å². The van der Waals surface area contributed by atoms with Gasteiger partial charge < -0.3 is 5.32 Å². The molecule has 0 bridgehead atoms. The predicted molar refractivity (Wildman–Crippen MR) is 67.0 cm³/mol. The highest BCUT2D eigenvalue weighted by Gasteiger charge is 2.18. The highest BCUT2D eigenvalue weighted by molar-refractivity contribution is 7.91. The molecule has 0 fully saturated rings. The standard InChI is InChI=1S/C11H15ClFNO2S/c1-3-17(15,16)11-5-4-8(6-9(11)12)10(13)7-14-2/h4-6,10,14H,3,7H2,1-2H3. The fraction of sp³-hybridized carbons (Fsp3) is 0.455. The normalized spacial score (nSPS) is 13.6. The van der Waals surface area contributed by atoms with Crippen molar-refractivity contribution < 1.29 is 12.8 Å². The number of benzene rings is 1. The Morgan fingerprint density at radius 3 is 2.59 bits per heavy atom. The van der Waals surface area contributed by atoms with Crippen LogP contribution in [0.1, 0.15) is 18.7 Å². The first-order valence-corrected chi connectivity index (χ1v) is 7.26. The van der Waals surface area contributed by atoms with Crippen molar-refractivity contribution >= 4 is 21.4 Å². The molecule has 0 aliphatic rings. The third-order valence-corrected chi connectivity index (χ3v) is 4.63. The van der Waals surface area contributed by atoms with E-state index >= 15 is 0 Å². The Morgan fingerprint density at radius 1 is 1.47 bits per heavy atom. The van der Waals surface area contributed by atoms with Crippen LogP contribution in [0.4, 0.5) is 4.39 Å². The van der Waals surface area contributed by atoms with E-state index < -0.39 is 16.0 Å². The molecule has 17 heavy (non-hydrogen) atoms. The Bertz CT molecular complexity index is 490. The van der Waals surface area contributed by atoms with Crippen LogP contribution in [-0.2, 0) is 9.84 Å². The SMILES string of the molecule is CCS(=O)(=O)c1ccc(C(F)CNC)cc1Cl. The maximum Gasteiger partial charge on any atom is 0.179 e. The van der Waals surface area contributed by atoms with E-state index in [4.69, 9.17) is 11.6 Å². The van der Waals surface area contributed by atoms with Gasteiger partial charge in [-0.1, -0.05) is 24.6 Å². The van der Waals surface area contributed by atoms with Crippen LogP contribution < -0.4 is 5.32 Å². The minimum absolute atomic E-state index is 0.0262. The summed E-state index contributed by atoms with van der Waals surface area (Å²) in [5.41, 5.74) is 0.374. The largest absolute Gasteiger partial charge is 0.317 e. The van der Waals surface area contributed by atoms with Gasteiger partial charge >= 0.3 is 0 Å². The van der Waals surface area contributed by atoms with E-state index in [1.54, 1.807) is 14.0 Å². The third-order valence-electron chi connectivity index (χ3n) is 2.42. The number of likely N-dealkylation sites (N-methyl/N-ethyl adjacent to an activating group) is 1. The lowest BCUT2D eigenvalue weighted by Crippen LogP contribution is -2.14. The third kappa shape index (κ3) is 3.40. The van der Waals surface area contributed by atoms with Crippen molar-refractivity contribution in [2.45, 2.75) is 18.0 Å². The molecule has 0 aliphatic heterocycles. The van der Waals surface area contributed by atoms with E-state index in [0.29, 0.717) is 5.56 Å². The van der Waals surface area contributed by atoms with E-state index in [1.807, 2.05) is 0 Å². The van der Waals surface area contributed by atoms with Crippen LogP contribution in [-0.4, -0.2) is 27.8 Å². The first-order chi connectivity index (χ1) is 7.92. The maximum atomic E-state index is 13.6. The minimum Gasteiger partial charge on any atom is -0.317 e. The summed E-state index contributed by atoms with van der Waals surface area (Å²) >= 11 is 5.87. The van der Waals surface area contributed by atoms with E-state index in [-0.39, 0.29) is 22.2 Å². The highest BCUT2D eigenvalue weighted by atomic mass is 35.5. The van der Waals surface area contributed by atoms with Gasteiger partial charge in [-0.3, -0.25) is 0 Å². The molecule has 0 aromatic heterocycles. The van der Waals surface area contributed by atoms with Crippen molar-refractivity contribution in [1.82, 2.24) is 5.32 Å². The molecule has 1 atom stereocenters. The van der Waals surface area contributed by atoms with Crippen molar-refractivity contribution in [3.05, 3.63) is 28.8 Å². The molecule has 6 heteroatoms. The smallest absolute Gasteiger partial charge is 0.179 e. The number of halogens is 2. The van der Waals surface area contributed by atoms with Gasteiger partial charge in [0.05, 0.1) is 15.7 Å². The second-order valence-electron chi connectivity index (χ2n) is 3.62. The van der Waals surface area contributed by atoms with Crippen LogP contribution in [0.3, 0.4) is 0 Å². The molecular formula is C11H15ClFNO2S. The lowest BCUT2D eigenvalue weighted by Gasteiger charge is -2.10. The molecule has 0 heterocycles. The molecule has 1 unspecified atom stereocenters. The minimum atomic E-state index is -3.35. The molecule has 0 spiro atoms. The molecule has 1 aromatic rings. The first kappa shape index (κ1) is 14.4. The summed E-state index contributed by atoms with van der Waals surface area (Å²) in [4.78, 5) is 0.0575. The summed E-state index contributed by atoms with van der Waals surface area (Å²) in [6, 6.07) is 4.18. The summed E-state index contributed by atoms with van der Waals surface area (Å²) in [7, 11) is -1.71. The van der Waals surface area contributed by atoms with Crippen molar-refractivity contribution in [3.8, 4) is 0 Å². The summed E-state index contributed by atoms with van der Waals surface area (Å²) in [5.74, 6) is -0.0262. The Morgan fingerprint density at radius 2 is 2.12 bits per heavy atom. The zero-order valence-electron chi connectivity index (χ0n) is 9.70. The molecular weight excluding hydrogens is 265 g/mol. The lowest BCUT2D eigenvalue weighted by atomic mass is 10.1. The van der Waals surface area contributed by atoms with Crippen LogP contribution in [0.15, 0.2) is 23.1 Å². The van der Waals surface area contributed by atoms with E-state index in [9.17, 15) is 12.8 Å². The molecule has 0 saturated heterocycles. The Hall–Kier alpha value is -0.650. The maximum absolute atomic E-state index is 13.6. The van der Waals surface area contributed by atoms with Gasteiger partial charge in [0.25, 0.3) is 0 Å². The molecule has 1 rings (SSSR count). The predicted octanol–water partition coefficient (Wildman–Crippen LogP) is 2.36. The monoisotopic (exact) mass is 279 g/mol. The molecule has 1 aromatic carbocycles. The zero-order valence-corrected chi connectivity index (χ0v) is 11.3. The van der Waals surface area contributed by atoms with Crippen molar-refractivity contribution in [3.63, 3.8) is 0 Å². The van der Waals surface area contributed by atoms with Crippen molar-refractivity contribution in [2.75, 3.05) is 19.3 Å². The fourth-order valence-electron chi connectivity index (χ4n) is 1.42. The van der Waals surface area contributed by atoms with Gasteiger partial charge in [0.2, 0.25) is 0 Å². The van der Waals surface area contributed by atoms with Crippen LogP contribution in [0.25, 0.3) is 0 Å². The molecule has 96 valence electrons. The number of alkyl halides is 1. The Balaban J connectivity index is 3.11. The number of hydrogen-bond acceptors (Lipinski definition) is 3.